The SMILES string of the molecule is O=C(COc1ccccc1O)NCC1CCC(O)CC1. The van der Waals surface area contributed by atoms with E-state index in [0.29, 0.717) is 18.2 Å². The van der Waals surface area contributed by atoms with Crippen molar-refractivity contribution in [3.05, 3.63) is 24.3 Å². The summed E-state index contributed by atoms with van der Waals surface area (Å²) in [4.78, 5) is 11.7. The van der Waals surface area contributed by atoms with E-state index in [4.69, 9.17) is 4.74 Å². The van der Waals surface area contributed by atoms with Crippen LogP contribution in [0.25, 0.3) is 0 Å². The summed E-state index contributed by atoms with van der Waals surface area (Å²) in [6, 6.07) is 6.56. The minimum absolute atomic E-state index is 0.0292. The van der Waals surface area contributed by atoms with Crippen molar-refractivity contribution in [3.63, 3.8) is 0 Å². The van der Waals surface area contributed by atoms with Gasteiger partial charge in [-0.05, 0) is 43.7 Å². The van der Waals surface area contributed by atoms with E-state index in [-0.39, 0.29) is 24.4 Å². The van der Waals surface area contributed by atoms with E-state index in [2.05, 4.69) is 5.32 Å². The Kier molecular flexibility index (Phi) is 5.24. The molecule has 20 heavy (non-hydrogen) atoms. The highest BCUT2D eigenvalue weighted by Gasteiger charge is 2.19. The molecule has 0 atom stereocenters. The van der Waals surface area contributed by atoms with Gasteiger partial charge in [0.1, 0.15) is 0 Å². The van der Waals surface area contributed by atoms with E-state index in [1.165, 1.54) is 6.07 Å². The predicted octanol–water partition coefficient (Wildman–Crippen LogP) is 1.44. The molecule has 1 saturated carbocycles. The highest BCUT2D eigenvalue weighted by molar-refractivity contribution is 5.77. The number of hydrogen-bond donors (Lipinski definition) is 3. The second kappa shape index (κ2) is 7.14. The quantitative estimate of drug-likeness (QED) is 0.762. The Bertz CT molecular complexity index is 441. The normalized spacial score (nSPS) is 22.2. The molecule has 0 spiro atoms. The zero-order valence-electron chi connectivity index (χ0n) is 11.4. The highest BCUT2D eigenvalue weighted by Crippen LogP contribution is 2.24. The summed E-state index contributed by atoms with van der Waals surface area (Å²) in [5.74, 6) is 0.580. The maximum atomic E-state index is 11.7. The molecule has 1 aliphatic carbocycles. The monoisotopic (exact) mass is 279 g/mol. The fraction of sp³-hybridized carbons (Fsp3) is 0.533. The van der Waals surface area contributed by atoms with Gasteiger partial charge in [0.15, 0.2) is 18.1 Å². The molecule has 5 nitrogen and oxygen atoms in total. The van der Waals surface area contributed by atoms with Crippen LogP contribution in [0.1, 0.15) is 25.7 Å². The number of carbonyl (C=O) groups excluding carboxylic acids is 1. The molecule has 5 heteroatoms. The van der Waals surface area contributed by atoms with Crippen LogP contribution in [0.2, 0.25) is 0 Å². The van der Waals surface area contributed by atoms with Gasteiger partial charge in [0.2, 0.25) is 0 Å². The Morgan fingerprint density at radius 1 is 1.25 bits per heavy atom. The Balaban J connectivity index is 1.67. The molecule has 0 saturated heterocycles. The average molecular weight is 279 g/mol. The molecule has 1 aromatic rings. The van der Waals surface area contributed by atoms with Crippen LogP contribution in [-0.2, 0) is 4.79 Å². The predicted molar refractivity (Wildman–Crippen MR) is 74.6 cm³/mol. The third-order valence-electron chi connectivity index (χ3n) is 3.63. The van der Waals surface area contributed by atoms with Crippen molar-refractivity contribution >= 4 is 5.91 Å². The maximum Gasteiger partial charge on any atom is 0.257 e. The minimum Gasteiger partial charge on any atom is -0.504 e. The number of aliphatic hydroxyl groups is 1. The second-order valence-electron chi connectivity index (χ2n) is 5.24. The molecular weight excluding hydrogens is 258 g/mol. The summed E-state index contributed by atoms with van der Waals surface area (Å²) in [6.07, 6.45) is 3.35. The lowest BCUT2D eigenvalue weighted by Crippen LogP contribution is -2.34. The smallest absolute Gasteiger partial charge is 0.257 e. The maximum absolute atomic E-state index is 11.7. The minimum atomic E-state index is -0.195. The number of phenolic OH excluding ortho intramolecular Hbond substituents is 1. The van der Waals surface area contributed by atoms with E-state index < -0.39 is 0 Å². The first kappa shape index (κ1) is 14.7. The zero-order valence-corrected chi connectivity index (χ0v) is 11.4. The van der Waals surface area contributed by atoms with Gasteiger partial charge in [-0.25, -0.2) is 0 Å². The first-order valence-electron chi connectivity index (χ1n) is 7.00. The summed E-state index contributed by atoms with van der Waals surface area (Å²) in [5.41, 5.74) is 0. The van der Waals surface area contributed by atoms with Crippen LogP contribution in [-0.4, -0.2) is 35.4 Å². The van der Waals surface area contributed by atoms with Crippen molar-refractivity contribution < 1.29 is 19.7 Å². The summed E-state index contributed by atoms with van der Waals surface area (Å²) >= 11 is 0. The lowest BCUT2D eigenvalue weighted by atomic mass is 9.87. The molecule has 0 aromatic heterocycles. The molecule has 1 aromatic carbocycles. The van der Waals surface area contributed by atoms with E-state index in [1.807, 2.05) is 0 Å². The van der Waals surface area contributed by atoms with Crippen molar-refractivity contribution in [2.45, 2.75) is 31.8 Å². The molecule has 0 aliphatic heterocycles. The molecule has 1 fully saturated rings. The largest absolute Gasteiger partial charge is 0.504 e. The van der Waals surface area contributed by atoms with Crippen LogP contribution in [0.3, 0.4) is 0 Å². The van der Waals surface area contributed by atoms with Crippen LogP contribution in [0, 0.1) is 5.92 Å². The number of phenols is 1. The summed E-state index contributed by atoms with van der Waals surface area (Å²) in [5, 5.41) is 21.7. The van der Waals surface area contributed by atoms with Crippen molar-refractivity contribution in [1.82, 2.24) is 5.32 Å². The molecule has 0 radical (unpaired) electrons. The third kappa shape index (κ3) is 4.42. The van der Waals surface area contributed by atoms with Gasteiger partial charge >= 0.3 is 0 Å². The number of aromatic hydroxyl groups is 1. The highest BCUT2D eigenvalue weighted by atomic mass is 16.5. The zero-order chi connectivity index (χ0) is 14.4. The first-order valence-corrected chi connectivity index (χ1v) is 7.00. The van der Waals surface area contributed by atoms with Crippen molar-refractivity contribution in [2.75, 3.05) is 13.2 Å². The van der Waals surface area contributed by atoms with E-state index in [0.717, 1.165) is 25.7 Å². The van der Waals surface area contributed by atoms with Crippen LogP contribution in [0.15, 0.2) is 24.3 Å². The molecule has 110 valence electrons. The molecular formula is C15H21NO4. The van der Waals surface area contributed by atoms with Crippen LogP contribution in [0.5, 0.6) is 11.5 Å². The molecule has 0 bridgehead atoms. The number of rotatable bonds is 5. The Morgan fingerprint density at radius 3 is 2.65 bits per heavy atom. The molecule has 2 rings (SSSR count). The van der Waals surface area contributed by atoms with Gasteiger partial charge in [0.25, 0.3) is 5.91 Å². The number of carbonyl (C=O) groups is 1. The molecule has 1 aliphatic rings. The number of amides is 1. The number of hydrogen-bond acceptors (Lipinski definition) is 4. The number of ether oxygens (including phenoxy) is 1. The standard InChI is InChI=1S/C15H21NO4/c17-12-7-5-11(6-8-12)9-16-15(19)10-20-14-4-2-1-3-13(14)18/h1-4,11-12,17-18H,5-10H2,(H,16,19). The van der Waals surface area contributed by atoms with Gasteiger partial charge in [-0.2, -0.15) is 0 Å². The Morgan fingerprint density at radius 2 is 1.95 bits per heavy atom. The summed E-state index contributed by atoms with van der Waals surface area (Å²) in [6.45, 7) is 0.516. The summed E-state index contributed by atoms with van der Waals surface area (Å²) in [7, 11) is 0. The van der Waals surface area contributed by atoms with E-state index in [9.17, 15) is 15.0 Å². The Labute approximate surface area is 118 Å². The number of aliphatic hydroxyl groups excluding tert-OH is 1. The number of benzene rings is 1. The van der Waals surface area contributed by atoms with Gasteiger partial charge in [-0.1, -0.05) is 12.1 Å². The van der Waals surface area contributed by atoms with Crippen molar-refractivity contribution in [1.29, 1.82) is 0 Å². The molecule has 0 unspecified atom stereocenters. The van der Waals surface area contributed by atoms with Gasteiger partial charge in [-0.15, -0.1) is 0 Å². The topological polar surface area (TPSA) is 78.8 Å². The van der Waals surface area contributed by atoms with Gasteiger partial charge in [-0.3, -0.25) is 4.79 Å². The van der Waals surface area contributed by atoms with Crippen LogP contribution >= 0.6 is 0 Å². The number of nitrogens with one attached hydrogen (secondary N) is 1. The first-order chi connectivity index (χ1) is 9.65. The fourth-order valence-electron chi connectivity index (χ4n) is 2.38. The van der Waals surface area contributed by atoms with Gasteiger partial charge in [0.05, 0.1) is 6.10 Å². The fourth-order valence-corrected chi connectivity index (χ4v) is 2.38. The third-order valence-corrected chi connectivity index (χ3v) is 3.63. The van der Waals surface area contributed by atoms with Crippen molar-refractivity contribution in [2.24, 2.45) is 5.92 Å². The molecule has 1 amide bonds. The van der Waals surface area contributed by atoms with Crippen LogP contribution in [0.4, 0.5) is 0 Å². The summed E-state index contributed by atoms with van der Waals surface area (Å²) < 4.78 is 5.25. The second-order valence-corrected chi connectivity index (χ2v) is 5.24. The van der Waals surface area contributed by atoms with E-state index in [1.54, 1.807) is 18.2 Å². The molecule has 3 N–H and O–H groups in total. The molecule has 0 heterocycles. The lowest BCUT2D eigenvalue weighted by molar-refractivity contribution is -0.123. The lowest BCUT2D eigenvalue weighted by Gasteiger charge is -2.25. The Hall–Kier alpha value is -1.75. The number of para-hydroxylation sites is 2. The van der Waals surface area contributed by atoms with E-state index >= 15 is 0 Å². The van der Waals surface area contributed by atoms with Crippen molar-refractivity contribution in [3.8, 4) is 11.5 Å². The van der Waals surface area contributed by atoms with Gasteiger partial charge in [0, 0.05) is 6.54 Å². The average Bonchev–Trinajstić information content (AvgIpc) is 2.46. The van der Waals surface area contributed by atoms with Crippen LogP contribution < -0.4 is 10.1 Å². The van der Waals surface area contributed by atoms with Gasteiger partial charge < -0.3 is 20.3 Å².